The number of fused-ring (bicyclic) bond motifs is 1. The van der Waals surface area contributed by atoms with Gasteiger partial charge < -0.3 is 19.9 Å². The van der Waals surface area contributed by atoms with Crippen LogP contribution in [0.4, 0.5) is 10.6 Å². The number of hydrogen-bond acceptors (Lipinski definition) is 5. The lowest BCUT2D eigenvalue weighted by atomic mass is 10.1. The maximum Gasteiger partial charge on any atom is 0.410 e. The lowest BCUT2D eigenvalue weighted by molar-refractivity contribution is 0.0293. The molecule has 0 spiro atoms. The molecule has 1 aliphatic rings. The number of likely N-dealkylation sites (tertiary alicyclic amines) is 1. The molecule has 2 N–H and O–H groups in total. The second-order valence-electron chi connectivity index (χ2n) is 8.84. The number of carbonyl (C=O) groups is 1. The van der Waals surface area contributed by atoms with Crippen LogP contribution in [0.2, 0.25) is 0 Å². The molecular formula is C24H27N5O2. The number of nitrogens with zero attached hydrogens (tertiary/aromatic N) is 3. The standard InChI is InChI=1S/C24H27N5O2/c1-16-5-7-17(8-6-16)9-10-18-13-20-21(27-18)25-15-26-22(20)28-19-11-12-29(14-19)23(30)31-24(2,3)4/h5-8,13,15,19H,11-12,14H2,1-4H3,(H2,25,26,27,28)/t19-/m1/s1. The van der Waals surface area contributed by atoms with Crippen molar-refractivity contribution in [3.8, 4) is 11.8 Å². The number of aromatic amines is 1. The molecule has 1 atom stereocenters. The maximum atomic E-state index is 12.3. The molecule has 7 heteroatoms. The zero-order valence-electron chi connectivity index (χ0n) is 18.3. The summed E-state index contributed by atoms with van der Waals surface area (Å²) < 4.78 is 5.48. The molecule has 1 aliphatic heterocycles. The van der Waals surface area contributed by atoms with Gasteiger partial charge in [0.1, 0.15) is 23.4 Å². The van der Waals surface area contributed by atoms with Gasteiger partial charge in [-0.1, -0.05) is 23.6 Å². The molecule has 0 bridgehead atoms. The fraction of sp³-hybridized carbons (Fsp3) is 0.375. The summed E-state index contributed by atoms with van der Waals surface area (Å²) >= 11 is 0. The Balaban J connectivity index is 1.47. The highest BCUT2D eigenvalue weighted by molar-refractivity contribution is 5.88. The minimum Gasteiger partial charge on any atom is -0.444 e. The Bertz CT molecular complexity index is 1150. The first kappa shape index (κ1) is 20.7. The van der Waals surface area contributed by atoms with Crippen LogP contribution in [0.5, 0.6) is 0 Å². The summed E-state index contributed by atoms with van der Waals surface area (Å²) in [5, 5.41) is 4.34. The van der Waals surface area contributed by atoms with Crippen molar-refractivity contribution in [2.24, 2.45) is 0 Å². The summed E-state index contributed by atoms with van der Waals surface area (Å²) in [6.45, 7) is 8.91. The normalized spacial score (nSPS) is 16.1. The molecule has 160 valence electrons. The first-order valence-corrected chi connectivity index (χ1v) is 10.4. The fourth-order valence-electron chi connectivity index (χ4n) is 3.46. The number of aryl methyl sites for hydroxylation is 1. The molecule has 31 heavy (non-hydrogen) atoms. The van der Waals surface area contributed by atoms with E-state index in [0.29, 0.717) is 13.1 Å². The van der Waals surface area contributed by atoms with Gasteiger partial charge in [0.2, 0.25) is 0 Å². The maximum absolute atomic E-state index is 12.3. The summed E-state index contributed by atoms with van der Waals surface area (Å²) in [6, 6.07) is 10.2. The van der Waals surface area contributed by atoms with Crippen molar-refractivity contribution in [3.05, 3.63) is 53.5 Å². The number of nitrogens with one attached hydrogen (secondary N) is 2. The Labute approximate surface area is 182 Å². The van der Waals surface area contributed by atoms with Crippen LogP contribution in [0.25, 0.3) is 11.0 Å². The number of amides is 1. The van der Waals surface area contributed by atoms with E-state index in [1.165, 1.54) is 11.9 Å². The molecule has 4 rings (SSSR count). The lowest BCUT2D eigenvalue weighted by Gasteiger charge is -2.24. The molecule has 7 nitrogen and oxygen atoms in total. The number of benzene rings is 1. The molecule has 1 aromatic carbocycles. The molecule has 3 aromatic rings. The van der Waals surface area contributed by atoms with E-state index in [2.05, 4.69) is 39.0 Å². The summed E-state index contributed by atoms with van der Waals surface area (Å²) in [7, 11) is 0. The van der Waals surface area contributed by atoms with Crippen molar-refractivity contribution < 1.29 is 9.53 Å². The molecular weight excluding hydrogens is 390 g/mol. The summed E-state index contributed by atoms with van der Waals surface area (Å²) in [5.74, 6) is 7.07. The minimum absolute atomic E-state index is 0.0996. The van der Waals surface area contributed by atoms with Gasteiger partial charge in [0, 0.05) is 24.7 Å². The largest absolute Gasteiger partial charge is 0.444 e. The van der Waals surface area contributed by atoms with Crippen LogP contribution in [0.3, 0.4) is 0 Å². The predicted octanol–water partition coefficient (Wildman–Crippen LogP) is 4.09. The van der Waals surface area contributed by atoms with Crippen molar-refractivity contribution in [2.75, 3.05) is 18.4 Å². The molecule has 1 amide bonds. The van der Waals surface area contributed by atoms with E-state index >= 15 is 0 Å². The number of aromatic nitrogens is 3. The monoisotopic (exact) mass is 417 g/mol. The van der Waals surface area contributed by atoms with E-state index in [-0.39, 0.29) is 12.1 Å². The average molecular weight is 418 g/mol. The Kier molecular flexibility index (Phi) is 5.55. The number of H-pyrrole nitrogens is 1. The van der Waals surface area contributed by atoms with Crippen LogP contribution in [0.15, 0.2) is 36.7 Å². The van der Waals surface area contributed by atoms with Crippen molar-refractivity contribution in [3.63, 3.8) is 0 Å². The van der Waals surface area contributed by atoms with Crippen LogP contribution < -0.4 is 5.32 Å². The van der Waals surface area contributed by atoms with Gasteiger partial charge in [-0.05, 0) is 58.2 Å². The average Bonchev–Trinajstić information content (AvgIpc) is 3.34. The quantitative estimate of drug-likeness (QED) is 0.614. The summed E-state index contributed by atoms with van der Waals surface area (Å²) in [4.78, 5) is 26.0. The Morgan fingerprint density at radius 1 is 1.23 bits per heavy atom. The van der Waals surface area contributed by atoms with Crippen LogP contribution >= 0.6 is 0 Å². The molecule has 1 saturated heterocycles. The zero-order chi connectivity index (χ0) is 22.0. The SMILES string of the molecule is Cc1ccc(C#Cc2cc3c(N[C@@H]4CCN(C(=O)OC(C)(C)C)C4)ncnc3[nH]2)cc1. The van der Waals surface area contributed by atoms with Gasteiger partial charge >= 0.3 is 6.09 Å². The topological polar surface area (TPSA) is 83.1 Å². The van der Waals surface area contributed by atoms with Crippen LogP contribution in [-0.4, -0.2) is 50.7 Å². The van der Waals surface area contributed by atoms with Gasteiger partial charge in [0.05, 0.1) is 11.1 Å². The molecule has 0 saturated carbocycles. The second-order valence-corrected chi connectivity index (χ2v) is 8.84. The van der Waals surface area contributed by atoms with Gasteiger partial charge in [0.25, 0.3) is 0 Å². The summed E-state index contributed by atoms with van der Waals surface area (Å²) in [6.07, 6.45) is 2.08. The van der Waals surface area contributed by atoms with Crippen LogP contribution in [0, 0.1) is 18.8 Å². The molecule has 0 aliphatic carbocycles. The van der Waals surface area contributed by atoms with Gasteiger partial charge in [-0.15, -0.1) is 0 Å². The highest BCUT2D eigenvalue weighted by Gasteiger charge is 2.30. The third kappa shape index (κ3) is 5.15. The molecule has 2 aromatic heterocycles. The van der Waals surface area contributed by atoms with Crippen LogP contribution in [-0.2, 0) is 4.74 Å². The van der Waals surface area contributed by atoms with E-state index in [0.717, 1.165) is 34.5 Å². The Hall–Kier alpha value is -3.53. The Morgan fingerprint density at radius 3 is 2.74 bits per heavy atom. The first-order valence-electron chi connectivity index (χ1n) is 10.4. The fourth-order valence-corrected chi connectivity index (χ4v) is 3.46. The van der Waals surface area contributed by atoms with Crippen LogP contribution in [0.1, 0.15) is 44.0 Å². The van der Waals surface area contributed by atoms with E-state index in [1.54, 1.807) is 4.90 Å². The van der Waals surface area contributed by atoms with Crippen molar-refractivity contribution in [1.29, 1.82) is 0 Å². The van der Waals surface area contributed by atoms with E-state index in [1.807, 2.05) is 51.1 Å². The second kappa shape index (κ2) is 8.31. The van der Waals surface area contributed by atoms with Crippen molar-refractivity contribution in [2.45, 2.75) is 45.8 Å². The van der Waals surface area contributed by atoms with Crippen molar-refractivity contribution >= 4 is 22.9 Å². The smallest absolute Gasteiger partial charge is 0.410 e. The molecule has 0 unspecified atom stereocenters. The van der Waals surface area contributed by atoms with E-state index < -0.39 is 5.60 Å². The first-order chi connectivity index (χ1) is 14.8. The zero-order valence-corrected chi connectivity index (χ0v) is 18.3. The van der Waals surface area contributed by atoms with E-state index in [9.17, 15) is 4.79 Å². The third-order valence-corrected chi connectivity index (χ3v) is 5.00. The third-order valence-electron chi connectivity index (χ3n) is 5.00. The molecule has 1 fully saturated rings. The summed E-state index contributed by atoms with van der Waals surface area (Å²) in [5.41, 5.74) is 3.18. The number of rotatable bonds is 2. The van der Waals surface area contributed by atoms with Gasteiger partial charge in [-0.2, -0.15) is 0 Å². The van der Waals surface area contributed by atoms with Crippen molar-refractivity contribution in [1.82, 2.24) is 19.9 Å². The lowest BCUT2D eigenvalue weighted by Crippen LogP contribution is -2.36. The number of hydrogen-bond donors (Lipinski definition) is 2. The highest BCUT2D eigenvalue weighted by Crippen LogP contribution is 2.23. The van der Waals surface area contributed by atoms with E-state index in [4.69, 9.17) is 4.74 Å². The highest BCUT2D eigenvalue weighted by atomic mass is 16.6. The van der Waals surface area contributed by atoms with Gasteiger partial charge in [-0.25, -0.2) is 14.8 Å². The number of anilines is 1. The minimum atomic E-state index is -0.497. The molecule has 0 radical (unpaired) electrons. The predicted molar refractivity (Wildman–Crippen MR) is 121 cm³/mol. The molecule has 3 heterocycles. The number of ether oxygens (including phenoxy) is 1. The Morgan fingerprint density at radius 2 is 2.00 bits per heavy atom. The number of carbonyl (C=O) groups excluding carboxylic acids is 1. The van der Waals surface area contributed by atoms with Gasteiger partial charge in [-0.3, -0.25) is 0 Å². The van der Waals surface area contributed by atoms with Gasteiger partial charge in [0.15, 0.2) is 0 Å².